The first kappa shape index (κ1) is 19.8. The second-order valence-electron chi connectivity index (χ2n) is 7.17. The molecule has 1 aliphatic heterocycles. The minimum atomic E-state index is -0.291. The molecule has 1 amide bonds. The molecule has 0 radical (unpaired) electrons. The van der Waals surface area contributed by atoms with Gasteiger partial charge in [-0.1, -0.05) is 48.5 Å². The second-order valence-corrected chi connectivity index (χ2v) is 7.17. The van der Waals surface area contributed by atoms with E-state index in [2.05, 4.69) is 17.4 Å². The van der Waals surface area contributed by atoms with Crippen molar-refractivity contribution in [1.29, 1.82) is 0 Å². The van der Waals surface area contributed by atoms with Gasteiger partial charge < -0.3 is 19.7 Å². The van der Waals surface area contributed by atoms with Crippen molar-refractivity contribution in [3.05, 3.63) is 89.5 Å². The standard InChI is InChI=1S/C25H26N2O3/c1-3-30-22-14-13-19(17-23(22)29-2)24-26-21-12-8-7-11-20(21)25(28)27(24)16-15-18-9-5-4-6-10-18/h4-14,17,24,26H,3,15-16H2,1-2H3. The van der Waals surface area contributed by atoms with Gasteiger partial charge in [-0.25, -0.2) is 0 Å². The summed E-state index contributed by atoms with van der Waals surface area (Å²) < 4.78 is 11.2. The van der Waals surface area contributed by atoms with Crippen molar-refractivity contribution in [2.75, 3.05) is 25.6 Å². The summed E-state index contributed by atoms with van der Waals surface area (Å²) in [6.45, 7) is 3.10. The normalized spacial score (nSPS) is 15.3. The summed E-state index contributed by atoms with van der Waals surface area (Å²) in [6, 6.07) is 23.7. The minimum Gasteiger partial charge on any atom is -0.493 e. The van der Waals surface area contributed by atoms with Gasteiger partial charge in [-0.3, -0.25) is 4.79 Å². The van der Waals surface area contributed by atoms with E-state index in [1.807, 2.05) is 72.5 Å². The molecule has 3 aromatic carbocycles. The summed E-state index contributed by atoms with van der Waals surface area (Å²) in [6.07, 6.45) is 0.488. The van der Waals surface area contributed by atoms with E-state index in [9.17, 15) is 4.79 Å². The first-order valence-corrected chi connectivity index (χ1v) is 10.2. The fraction of sp³-hybridized carbons (Fsp3) is 0.240. The molecule has 0 saturated carbocycles. The van der Waals surface area contributed by atoms with Crippen molar-refractivity contribution in [3.8, 4) is 11.5 Å². The number of hydrogen-bond acceptors (Lipinski definition) is 4. The first-order valence-electron chi connectivity index (χ1n) is 10.2. The molecule has 1 aliphatic rings. The predicted molar refractivity (Wildman–Crippen MR) is 118 cm³/mol. The van der Waals surface area contributed by atoms with Crippen LogP contribution in [0.25, 0.3) is 0 Å². The molecule has 1 atom stereocenters. The van der Waals surface area contributed by atoms with E-state index in [0.717, 1.165) is 17.7 Å². The molecule has 0 aromatic heterocycles. The molecule has 3 aromatic rings. The number of fused-ring (bicyclic) bond motifs is 1. The van der Waals surface area contributed by atoms with Crippen molar-refractivity contribution >= 4 is 11.6 Å². The summed E-state index contributed by atoms with van der Waals surface area (Å²) in [5, 5.41) is 3.54. The molecule has 1 heterocycles. The quantitative estimate of drug-likeness (QED) is 0.611. The van der Waals surface area contributed by atoms with E-state index in [4.69, 9.17) is 9.47 Å². The van der Waals surface area contributed by atoms with E-state index in [1.54, 1.807) is 7.11 Å². The third-order valence-electron chi connectivity index (χ3n) is 5.31. The van der Waals surface area contributed by atoms with Crippen LogP contribution in [0, 0.1) is 0 Å². The Balaban J connectivity index is 1.68. The molecule has 5 heteroatoms. The molecule has 1 N–H and O–H groups in total. The Hall–Kier alpha value is -3.47. The van der Waals surface area contributed by atoms with E-state index in [0.29, 0.717) is 30.2 Å². The number of nitrogens with zero attached hydrogens (tertiary/aromatic N) is 1. The minimum absolute atomic E-state index is 0.0260. The number of nitrogens with one attached hydrogen (secondary N) is 1. The maximum atomic E-state index is 13.4. The van der Waals surface area contributed by atoms with Crippen LogP contribution in [0.3, 0.4) is 0 Å². The summed E-state index contributed by atoms with van der Waals surface area (Å²) in [5.74, 6) is 1.38. The molecule has 5 nitrogen and oxygen atoms in total. The van der Waals surface area contributed by atoms with Crippen molar-refractivity contribution in [1.82, 2.24) is 4.90 Å². The highest BCUT2D eigenvalue weighted by atomic mass is 16.5. The molecule has 30 heavy (non-hydrogen) atoms. The topological polar surface area (TPSA) is 50.8 Å². The van der Waals surface area contributed by atoms with Gasteiger partial charge in [0.1, 0.15) is 6.17 Å². The smallest absolute Gasteiger partial charge is 0.257 e. The lowest BCUT2D eigenvalue weighted by Gasteiger charge is -2.38. The number of ether oxygens (including phenoxy) is 2. The van der Waals surface area contributed by atoms with Gasteiger partial charge in [-0.05, 0) is 48.7 Å². The number of benzene rings is 3. The monoisotopic (exact) mass is 402 g/mol. The van der Waals surface area contributed by atoms with Crippen molar-refractivity contribution in [3.63, 3.8) is 0 Å². The van der Waals surface area contributed by atoms with E-state index in [1.165, 1.54) is 5.56 Å². The Morgan fingerprint density at radius 2 is 1.73 bits per heavy atom. The highest BCUT2D eigenvalue weighted by molar-refractivity contribution is 6.01. The van der Waals surface area contributed by atoms with Crippen LogP contribution in [0.15, 0.2) is 72.8 Å². The molecule has 0 saturated heterocycles. The molecule has 0 spiro atoms. The number of amides is 1. The Morgan fingerprint density at radius 1 is 0.967 bits per heavy atom. The van der Waals surface area contributed by atoms with Crippen LogP contribution in [0.4, 0.5) is 5.69 Å². The maximum Gasteiger partial charge on any atom is 0.257 e. The lowest BCUT2D eigenvalue weighted by atomic mass is 10.0. The highest BCUT2D eigenvalue weighted by Crippen LogP contribution is 2.37. The molecule has 0 bridgehead atoms. The lowest BCUT2D eigenvalue weighted by Crippen LogP contribution is -2.44. The van der Waals surface area contributed by atoms with Gasteiger partial charge in [-0.15, -0.1) is 0 Å². The summed E-state index contributed by atoms with van der Waals surface area (Å²) in [4.78, 5) is 15.3. The number of carbonyl (C=O) groups is 1. The largest absolute Gasteiger partial charge is 0.493 e. The second kappa shape index (κ2) is 8.91. The number of hydrogen-bond donors (Lipinski definition) is 1. The van der Waals surface area contributed by atoms with Crippen LogP contribution < -0.4 is 14.8 Å². The highest BCUT2D eigenvalue weighted by Gasteiger charge is 2.33. The average Bonchev–Trinajstić information content (AvgIpc) is 2.79. The number of carbonyl (C=O) groups excluding carboxylic acids is 1. The van der Waals surface area contributed by atoms with Gasteiger partial charge in [-0.2, -0.15) is 0 Å². The van der Waals surface area contributed by atoms with E-state index in [-0.39, 0.29) is 12.1 Å². The van der Waals surface area contributed by atoms with Gasteiger partial charge in [0, 0.05) is 12.2 Å². The Kier molecular flexibility index (Phi) is 5.89. The van der Waals surface area contributed by atoms with Crippen molar-refractivity contribution in [2.45, 2.75) is 19.5 Å². The lowest BCUT2D eigenvalue weighted by molar-refractivity contribution is 0.0685. The summed E-state index contributed by atoms with van der Waals surface area (Å²) in [5.41, 5.74) is 3.69. The maximum absolute atomic E-state index is 13.4. The number of rotatable bonds is 7. The summed E-state index contributed by atoms with van der Waals surface area (Å²) in [7, 11) is 1.63. The first-order chi connectivity index (χ1) is 14.7. The summed E-state index contributed by atoms with van der Waals surface area (Å²) >= 11 is 0. The van der Waals surface area contributed by atoms with Crippen LogP contribution in [0.2, 0.25) is 0 Å². The number of anilines is 1. The van der Waals surface area contributed by atoms with E-state index < -0.39 is 0 Å². The molecule has 0 fully saturated rings. The molecular weight excluding hydrogens is 376 g/mol. The Labute approximate surface area is 177 Å². The molecule has 154 valence electrons. The van der Waals surface area contributed by atoms with Crippen LogP contribution in [-0.4, -0.2) is 31.1 Å². The fourth-order valence-corrected chi connectivity index (χ4v) is 3.81. The molecule has 0 aliphatic carbocycles. The molecule has 4 rings (SSSR count). The van der Waals surface area contributed by atoms with Crippen molar-refractivity contribution < 1.29 is 14.3 Å². The van der Waals surface area contributed by atoms with Gasteiger partial charge >= 0.3 is 0 Å². The van der Waals surface area contributed by atoms with Crippen molar-refractivity contribution in [2.24, 2.45) is 0 Å². The number of methoxy groups -OCH3 is 1. The van der Waals surface area contributed by atoms with Crippen LogP contribution in [-0.2, 0) is 6.42 Å². The fourth-order valence-electron chi connectivity index (χ4n) is 3.81. The van der Waals surface area contributed by atoms with Gasteiger partial charge in [0.05, 0.1) is 19.3 Å². The SMILES string of the molecule is CCOc1ccc(C2Nc3ccccc3C(=O)N2CCc2ccccc2)cc1OC. The molecule has 1 unspecified atom stereocenters. The zero-order valence-electron chi connectivity index (χ0n) is 17.3. The Morgan fingerprint density at radius 3 is 2.50 bits per heavy atom. The molecular formula is C25H26N2O3. The third-order valence-corrected chi connectivity index (χ3v) is 5.31. The zero-order chi connectivity index (χ0) is 20.9. The van der Waals surface area contributed by atoms with Crippen LogP contribution in [0.5, 0.6) is 11.5 Å². The average molecular weight is 402 g/mol. The van der Waals surface area contributed by atoms with Crippen LogP contribution >= 0.6 is 0 Å². The van der Waals surface area contributed by atoms with E-state index >= 15 is 0 Å². The third kappa shape index (κ3) is 3.96. The number of para-hydroxylation sites is 1. The van der Waals surface area contributed by atoms with Crippen LogP contribution in [0.1, 0.15) is 34.6 Å². The van der Waals surface area contributed by atoms with Gasteiger partial charge in [0.15, 0.2) is 11.5 Å². The van der Waals surface area contributed by atoms with Gasteiger partial charge in [0.25, 0.3) is 5.91 Å². The zero-order valence-corrected chi connectivity index (χ0v) is 17.3. The van der Waals surface area contributed by atoms with Gasteiger partial charge in [0.2, 0.25) is 0 Å². The Bertz CT molecular complexity index is 1020. The predicted octanol–water partition coefficient (Wildman–Crippen LogP) is 4.90.